The smallest absolute Gasteiger partial charge is 0.340 e. The van der Waals surface area contributed by atoms with Gasteiger partial charge in [-0.15, -0.1) is 0 Å². The molecule has 0 aromatic heterocycles. The molecule has 1 aliphatic carbocycles. The van der Waals surface area contributed by atoms with Crippen molar-refractivity contribution in [1.29, 1.82) is 0 Å². The van der Waals surface area contributed by atoms with Crippen molar-refractivity contribution in [3.05, 3.63) is 29.8 Å². The van der Waals surface area contributed by atoms with Crippen molar-refractivity contribution in [2.24, 2.45) is 17.3 Å². The summed E-state index contributed by atoms with van der Waals surface area (Å²) in [4.78, 5) is 41.6. The van der Waals surface area contributed by atoms with Crippen molar-refractivity contribution in [3.8, 4) is 0 Å². The molecule has 4 atom stereocenters. The number of hydrogen-bond donors (Lipinski definition) is 0. The van der Waals surface area contributed by atoms with E-state index in [4.69, 9.17) is 9.47 Å². The Morgan fingerprint density at radius 1 is 1.26 bits per heavy atom. The Kier molecular flexibility index (Phi) is 6.17. The topological polar surface area (TPSA) is 76.2 Å². The lowest BCUT2D eigenvalue weighted by molar-refractivity contribution is -0.150. The molecule has 31 heavy (non-hydrogen) atoms. The highest BCUT2D eigenvalue weighted by Crippen LogP contribution is 2.46. The first-order valence-corrected chi connectivity index (χ1v) is 11.3. The van der Waals surface area contributed by atoms with Gasteiger partial charge >= 0.3 is 5.97 Å². The Morgan fingerprint density at radius 2 is 2.03 bits per heavy atom. The number of benzene rings is 1. The van der Waals surface area contributed by atoms with Crippen LogP contribution in [0.1, 0.15) is 49.9 Å². The number of hydrogen-bond acceptors (Lipinski definition) is 6. The second-order valence-corrected chi connectivity index (χ2v) is 9.26. The van der Waals surface area contributed by atoms with Crippen LogP contribution in [0.5, 0.6) is 0 Å². The summed E-state index contributed by atoms with van der Waals surface area (Å²) >= 11 is 0. The maximum Gasteiger partial charge on any atom is 0.340 e. The van der Waals surface area contributed by atoms with Crippen LogP contribution in [0, 0.1) is 17.3 Å². The fourth-order valence-corrected chi connectivity index (χ4v) is 5.76. The van der Waals surface area contributed by atoms with E-state index in [0.717, 1.165) is 43.8 Å². The largest absolute Gasteiger partial charge is 0.461 e. The van der Waals surface area contributed by atoms with Crippen LogP contribution in [0.4, 0.5) is 5.69 Å². The second-order valence-electron chi connectivity index (χ2n) is 9.26. The first kappa shape index (κ1) is 22.0. The van der Waals surface area contributed by atoms with Gasteiger partial charge in [-0.2, -0.15) is 0 Å². The number of ether oxygens (including phenoxy) is 2. The molecule has 0 spiro atoms. The summed E-state index contributed by atoms with van der Waals surface area (Å²) < 4.78 is 11.8. The lowest BCUT2D eigenvalue weighted by Gasteiger charge is -2.54. The zero-order chi connectivity index (χ0) is 22.2. The normalized spacial score (nSPS) is 31.2. The van der Waals surface area contributed by atoms with Gasteiger partial charge in [-0.1, -0.05) is 32.4 Å². The molecule has 2 unspecified atom stereocenters. The van der Waals surface area contributed by atoms with Gasteiger partial charge in [0.05, 0.1) is 17.4 Å². The number of anilines is 1. The highest BCUT2D eigenvalue weighted by Gasteiger charge is 2.51. The number of esters is 1. The maximum absolute atomic E-state index is 13.1. The predicted molar refractivity (Wildman–Crippen MR) is 116 cm³/mol. The standard InChI is InChI=1S/C24H32N2O5/c1-4-25-13-17-8-7-11-24(14-25,21(17)30-3)15-31-23(29)18-9-5-6-10-19(18)26-20(27)12-16(2)22(26)28/h5-6,9-10,16-17,21H,4,7-8,11-15H2,1-3H3/t16?,17-,21?,24+/m1/s1. The molecule has 3 aliphatic rings. The van der Waals surface area contributed by atoms with Crippen molar-refractivity contribution in [2.45, 2.75) is 45.6 Å². The number of fused-ring (bicyclic) bond motifs is 2. The van der Waals surface area contributed by atoms with Crippen molar-refractivity contribution < 1.29 is 23.9 Å². The van der Waals surface area contributed by atoms with E-state index in [1.165, 1.54) is 0 Å². The average Bonchev–Trinajstić information content (AvgIpc) is 3.02. The van der Waals surface area contributed by atoms with Crippen LogP contribution in [0.2, 0.25) is 0 Å². The Morgan fingerprint density at radius 3 is 2.71 bits per heavy atom. The van der Waals surface area contributed by atoms with E-state index in [9.17, 15) is 14.4 Å². The van der Waals surface area contributed by atoms with Gasteiger partial charge < -0.3 is 14.4 Å². The van der Waals surface area contributed by atoms with Gasteiger partial charge in [-0.3, -0.25) is 9.59 Å². The number of rotatable bonds is 6. The van der Waals surface area contributed by atoms with E-state index in [0.29, 0.717) is 11.6 Å². The summed E-state index contributed by atoms with van der Waals surface area (Å²) in [6.45, 7) is 6.98. The van der Waals surface area contributed by atoms with Gasteiger partial charge in [0.2, 0.25) is 11.8 Å². The Labute approximate surface area is 183 Å². The summed E-state index contributed by atoms with van der Waals surface area (Å²) in [5, 5.41) is 0. The first-order chi connectivity index (χ1) is 14.9. The Bertz CT molecular complexity index is 871. The van der Waals surface area contributed by atoms with Crippen LogP contribution in [0.3, 0.4) is 0 Å². The van der Waals surface area contributed by atoms with Gasteiger partial charge in [-0.25, -0.2) is 9.69 Å². The Balaban J connectivity index is 1.55. The zero-order valence-electron chi connectivity index (χ0n) is 18.6. The number of nitrogens with zero attached hydrogens (tertiary/aromatic N) is 2. The molecule has 1 aromatic rings. The molecule has 3 fully saturated rings. The molecule has 1 aromatic carbocycles. The number of amides is 2. The van der Waals surface area contributed by atoms with E-state index in [1.54, 1.807) is 38.3 Å². The minimum atomic E-state index is -0.504. The van der Waals surface area contributed by atoms with Crippen LogP contribution < -0.4 is 4.90 Å². The van der Waals surface area contributed by atoms with E-state index in [1.807, 2.05) is 0 Å². The van der Waals surface area contributed by atoms with Gasteiger partial charge in [0, 0.05) is 38.0 Å². The molecule has 0 N–H and O–H groups in total. The van der Waals surface area contributed by atoms with E-state index in [-0.39, 0.29) is 47.8 Å². The van der Waals surface area contributed by atoms with Crippen molar-refractivity contribution in [3.63, 3.8) is 0 Å². The Hall–Kier alpha value is -2.25. The fourth-order valence-electron chi connectivity index (χ4n) is 5.76. The number of methoxy groups -OCH3 is 1. The molecule has 168 valence electrons. The second kappa shape index (κ2) is 8.71. The van der Waals surface area contributed by atoms with Crippen molar-refractivity contribution >= 4 is 23.5 Å². The fraction of sp³-hybridized carbons (Fsp3) is 0.625. The molecule has 2 aliphatic heterocycles. The molecule has 2 heterocycles. The lowest BCUT2D eigenvalue weighted by atomic mass is 9.64. The van der Waals surface area contributed by atoms with Crippen LogP contribution in [0.25, 0.3) is 0 Å². The molecular weight excluding hydrogens is 396 g/mol. The third-order valence-corrected chi connectivity index (χ3v) is 7.24. The van der Waals surface area contributed by atoms with Crippen molar-refractivity contribution in [1.82, 2.24) is 4.90 Å². The highest BCUT2D eigenvalue weighted by atomic mass is 16.5. The zero-order valence-corrected chi connectivity index (χ0v) is 18.6. The lowest BCUT2D eigenvalue weighted by Crippen LogP contribution is -2.61. The summed E-state index contributed by atoms with van der Waals surface area (Å²) in [7, 11) is 1.75. The minimum Gasteiger partial charge on any atom is -0.461 e. The molecule has 7 heteroatoms. The van der Waals surface area contributed by atoms with E-state index >= 15 is 0 Å². The van der Waals surface area contributed by atoms with Crippen LogP contribution in [-0.4, -0.2) is 62.1 Å². The molecule has 2 saturated heterocycles. The summed E-state index contributed by atoms with van der Waals surface area (Å²) in [5.74, 6) is -0.990. The van der Waals surface area contributed by atoms with Gasteiger partial charge in [0.1, 0.15) is 6.61 Å². The SMILES string of the molecule is CCN1C[C@H]2CCC[C@@](COC(=O)c3ccccc3N3C(=O)CC(C)C3=O)(C1)C2OC. The monoisotopic (exact) mass is 428 g/mol. The molecule has 2 amide bonds. The summed E-state index contributed by atoms with van der Waals surface area (Å²) in [6, 6.07) is 6.70. The quantitative estimate of drug-likeness (QED) is 0.512. The summed E-state index contributed by atoms with van der Waals surface area (Å²) in [5.41, 5.74) is 0.330. The average molecular weight is 429 g/mol. The van der Waals surface area contributed by atoms with Crippen LogP contribution in [0.15, 0.2) is 24.3 Å². The first-order valence-electron chi connectivity index (χ1n) is 11.3. The molecular formula is C24H32N2O5. The number of carbonyl (C=O) groups is 3. The number of para-hydroxylation sites is 1. The van der Waals surface area contributed by atoms with Gasteiger partial charge in [0.25, 0.3) is 0 Å². The van der Waals surface area contributed by atoms with Gasteiger partial charge in [0.15, 0.2) is 0 Å². The van der Waals surface area contributed by atoms with E-state index in [2.05, 4.69) is 11.8 Å². The number of imide groups is 1. The molecule has 4 rings (SSSR count). The third-order valence-electron chi connectivity index (χ3n) is 7.24. The molecule has 2 bridgehead atoms. The molecule has 0 radical (unpaired) electrons. The number of carbonyl (C=O) groups excluding carboxylic acids is 3. The molecule has 7 nitrogen and oxygen atoms in total. The highest BCUT2D eigenvalue weighted by molar-refractivity contribution is 6.22. The van der Waals surface area contributed by atoms with Crippen molar-refractivity contribution in [2.75, 3.05) is 38.3 Å². The number of likely N-dealkylation sites (tertiary alicyclic amines) is 1. The maximum atomic E-state index is 13.1. The summed E-state index contributed by atoms with van der Waals surface area (Å²) in [6.07, 6.45) is 3.41. The minimum absolute atomic E-state index is 0.0645. The predicted octanol–water partition coefficient (Wildman–Crippen LogP) is 2.88. The number of piperidine rings is 1. The van der Waals surface area contributed by atoms with Gasteiger partial charge in [-0.05, 0) is 37.4 Å². The molecule has 1 saturated carbocycles. The van der Waals surface area contributed by atoms with E-state index < -0.39 is 5.97 Å². The van der Waals surface area contributed by atoms with Crippen LogP contribution >= 0.6 is 0 Å². The van der Waals surface area contributed by atoms with Crippen LogP contribution in [-0.2, 0) is 19.1 Å². The third kappa shape index (κ3) is 3.89.